The third kappa shape index (κ3) is 152. The van der Waals surface area contributed by atoms with Gasteiger partial charge < -0.3 is 11.3 Å². The van der Waals surface area contributed by atoms with Crippen LogP contribution >= 0.6 is 0 Å². The first-order valence-electron chi connectivity index (χ1n) is 1.41. The van der Waals surface area contributed by atoms with E-state index in [1.165, 1.54) is 0 Å². The Kier molecular flexibility index (Phi) is 24.3. The van der Waals surface area contributed by atoms with Gasteiger partial charge in [-0.15, -0.1) is 0 Å². The van der Waals surface area contributed by atoms with Crippen molar-refractivity contribution in [2.24, 2.45) is 0 Å². The molecule has 0 aliphatic carbocycles. The van der Waals surface area contributed by atoms with E-state index in [0.717, 1.165) is 0 Å². The molecule has 0 aromatic rings. The molecule has 0 saturated heterocycles. The van der Waals surface area contributed by atoms with Crippen LogP contribution in [0.3, 0.4) is 0 Å². The summed E-state index contributed by atoms with van der Waals surface area (Å²) in [5.41, 5.74) is 0. The number of rotatable bonds is 0. The van der Waals surface area contributed by atoms with Crippen molar-refractivity contribution in [3.05, 3.63) is 6.15 Å². The van der Waals surface area contributed by atoms with Crippen LogP contribution in [0, 0.1) is 0 Å². The van der Waals surface area contributed by atoms with E-state index in [-0.39, 0.29) is 34.0 Å². The van der Waals surface area contributed by atoms with E-state index in [1.54, 1.807) is 13.8 Å². The molecule has 3 heteroatoms. The van der Waals surface area contributed by atoms with Crippen LogP contribution in [0.5, 0.6) is 0 Å². The molecule has 0 bridgehead atoms. The standard InChI is InChI=1S/C3H8O.H2N.Ti/c1-3(2)4;;/h3-4H,1-2H3;1H2;/q;-1;. The minimum absolute atomic E-state index is 0. The molecule has 0 radical (unpaired) electrons. The third-order valence-electron chi connectivity index (χ3n) is 0. The zero-order valence-corrected chi connectivity index (χ0v) is 5.66. The number of hydrogen-bond acceptors (Lipinski definition) is 1. The summed E-state index contributed by atoms with van der Waals surface area (Å²) in [6.07, 6.45) is -0.167. The van der Waals surface area contributed by atoms with Gasteiger partial charge in [0.2, 0.25) is 0 Å². The first-order valence-corrected chi connectivity index (χ1v) is 1.41. The predicted molar refractivity (Wildman–Crippen MR) is 22.6 cm³/mol. The van der Waals surface area contributed by atoms with E-state index in [1.807, 2.05) is 0 Å². The summed E-state index contributed by atoms with van der Waals surface area (Å²) < 4.78 is 0. The van der Waals surface area contributed by atoms with E-state index >= 15 is 0 Å². The van der Waals surface area contributed by atoms with E-state index in [9.17, 15) is 0 Å². The molecule has 2 nitrogen and oxygen atoms in total. The van der Waals surface area contributed by atoms with E-state index in [0.29, 0.717) is 0 Å². The predicted octanol–water partition coefficient (Wildman–Crippen LogP) is 1.10. The molecule has 3 N–H and O–H groups in total. The van der Waals surface area contributed by atoms with Crippen molar-refractivity contribution in [3.8, 4) is 0 Å². The van der Waals surface area contributed by atoms with Crippen molar-refractivity contribution in [1.29, 1.82) is 0 Å². The number of aliphatic hydroxyl groups excluding tert-OH is 1. The molecule has 0 aliphatic heterocycles. The Morgan fingerprint density at radius 3 is 1.33 bits per heavy atom. The van der Waals surface area contributed by atoms with Gasteiger partial charge in [0.15, 0.2) is 0 Å². The number of nitrogens with two attached hydrogens (primary N) is 1. The average molecular weight is 124 g/mol. The summed E-state index contributed by atoms with van der Waals surface area (Å²) in [5, 5.41) is 8.06. The van der Waals surface area contributed by atoms with Gasteiger partial charge >= 0.3 is 0 Å². The Balaban J connectivity index is -0.0000000450. The van der Waals surface area contributed by atoms with Crippen molar-refractivity contribution in [2.75, 3.05) is 0 Å². The van der Waals surface area contributed by atoms with Gasteiger partial charge in [0.1, 0.15) is 0 Å². The molecule has 0 saturated carbocycles. The molecular weight excluding hydrogens is 114 g/mol. The smallest absolute Gasteiger partial charge is 0.0483 e. The summed E-state index contributed by atoms with van der Waals surface area (Å²) in [5.74, 6) is 0. The van der Waals surface area contributed by atoms with Crippen LogP contribution in [0.1, 0.15) is 13.8 Å². The molecule has 38 valence electrons. The van der Waals surface area contributed by atoms with E-state index in [2.05, 4.69) is 0 Å². The maximum atomic E-state index is 8.06. The molecule has 0 spiro atoms. The van der Waals surface area contributed by atoms with Gasteiger partial charge in [-0.2, -0.15) is 0 Å². The molecule has 0 atom stereocenters. The molecule has 0 amide bonds. The average Bonchev–Trinajstić information content (AvgIpc) is 0.811. The van der Waals surface area contributed by atoms with Crippen LogP contribution in [0.2, 0.25) is 0 Å². The van der Waals surface area contributed by atoms with Crippen molar-refractivity contribution < 1.29 is 26.8 Å². The third-order valence-corrected chi connectivity index (χ3v) is 0. The first-order chi connectivity index (χ1) is 1.73. The van der Waals surface area contributed by atoms with Crippen LogP contribution in [0.15, 0.2) is 0 Å². The zero-order valence-electron chi connectivity index (χ0n) is 4.10. The minimum atomic E-state index is -0.167. The normalized spacial score (nSPS) is 6.00. The molecule has 0 unspecified atom stereocenters. The molecule has 0 heterocycles. The summed E-state index contributed by atoms with van der Waals surface area (Å²) in [6.45, 7) is 3.44. The summed E-state index contributed by atoms with van der Waals surface area (Å²) in [7, 11) is 0. The zero-order chi connectivity index (χ0) is 3.58. The van der Waals surface area contributed by atoms with Crippen molar-refractivity contribution in [3.63, 3.8) is 0 Å². The monoisotopic (exact) mass is 124 g/mol. The molecule has 0 rings (SSSR count). The molecule has 0 aromatic heterocycles. The van der Waals surface area contributed by atoms with Crippen LogP contribution in [-0.4, -0.2) is 11.2 Å². The van der Waals surface area contributed by atoms with Gasteiger partial charge in [-0.25, -0.2) is 0 Å². The molecule has 0 aromatic carbocycles. The molecular formula is C3H10NOTi-. The fourth-order valence-corrected chi connectivity index (χ4v) is 0. The van der Waals surface area contributed by atoms with Gasteiger partial charge in [0.05, 0.1) is 0 Å². The molecule has 6 heavy (non-hydrogen) atoms. The van der Waals surface area contributed by atoms with Crippen molar-refractivity contribution in [2.45, 2.75) is 20.0 Å². The Morgan fingerprint density at radius 2 is 1.33 bits per heavy atom. The topological polar surface area (TPSA) is 53.7 Å². The second-order valence-corrected chi connectivity index (χ2v) is 1.09. The summed E-state index contributed by atoms with van der Waals surface area (Å²) >= 11 is 0. The van der Waals surface area contributed by atoms with E-state index in [4.69, 9.17) is 5.11 Å². The quantitative estimate of drug-likeness (QED) is 0.483. The first kappa shape index (κ1) is 15.9. The second kappa shape index (κ2) is 9.16. The van der Waals surface area contributed by atoms with Crippen LogP contribution < -0.4 is 0 Å². The van der Waals surface area contributed by atoms with Crippen LogP contribution in [0.4, 0.5) is 0 Å². The van der Waals surface area contributed by atoms with Crippen molar-refractivity contribution >= 4 is 0 Å². The Morgan fingerprint density at radius 1 is 1.33 bits per heavy atom. The fraction of sp³-hybridized carbons (Fsp3) is 1.00. The molecule has 0 fully saturated rings. The largest absolute Gasteiger partial charge is 0.693 e. The van der Waals surface area contributed by atoms with Crippen LogP contribution in [-0.2, 0) is 21.7 Å². The van der Waals surface area contributed by atoms with Crippen molar-refractivity contribution in [1.82, 2.24) is 0 Å². The van der Waals surface area contributed by atoms with Gasteiger partial charge in [-0.05, 0) is 13.8 Å². The number of aliphatic hydroxyl groups is 1. The maximum Gasteiger partial charge on any atom is 0.0483 e. The fourth-order valence-electron chi connectivity index (χ4n) is 0. The Labute approximate surface area is 53.4 Å². The summed E-state index contributed by atoms with van der Waals surface area (Å²) in [6, 6.07) is 0. The van der Waals surface area contributed by atoms with Gasteiger partial charge in [-0.3, -0.25) is 0 Å². The maximum absolute atomic E-state index is 8.06. The van der Waals surface area contributed by atoms with Gasteiger partial charge in [0, 0.05) is 27.8 Å². The Bertz CT molecular complexity index is 15.5. The minimum Gasteiger partial charge on any atom is -0.693 e. The molecule has 0 aliphatic rings. The van der Waals surface area contributed by atoms with E-state index < -0.39 is 0 Å². The Hall–Kier alpha value is 0.634. The van der Waals surface area contributed by atoms with Gasteiger partial charge in [-0.1, -0.05) is 0 Å². The summed E-state index contributed by atoms with van der Waals surface area (Å²) in [4.78, 5) is 0. The SMILES string of the molecule is CC(C)O.[NH2-].[Ti]. The van der Waals surface area contributed by atoms with Crippen LogP contribution in [0.25, 0.3) is 6.15 Å². The second-order valence-electron chi connectivity index (χ2n) is 1.09. The van der Waals surface area contributed by atoms with Gasteiger partial charge in [0.25, 0.3) is 0 Å². The number of hydrogen-bond donors (Lipinski definition) is 1.